The maximum atomic E-state index is 10.7. The van der Waals surface area contributed by atoms with Crippen LogP contribution < -0.4 is 0 Å². The van der Waals surface area contributed by atoms with Crippen molar-refractivity contribution in [3.8, 4) is 11.5 Å². The van der Waals surface area contributed by atoms with Crippen molar-refractivity contribution in [2.24, 2.45) is 5.92 Å². The Kier molecular flexibility index (Phi) is 4.36. The van der Waals surface area contributed by atoms with Crippen molar-refractivity contribution in [3.05, 3.63) is 34.9 Å². The normalized spacial score (nSPS) is 27.7. The predicted octanol–water partition coefficient (Wildman–Crippen LogP) is 5.04. The first-order valence-corrected chi connectivity index (χ1v) is 8.77. The first-order valence-electron chi connectivity index (χ1n) is 10.9. The average Bonchev–Trinajstić information content (AvgIpc) is 2.53. The second-order valence-corrected chi connectivity index (χ2v) is 7.35. The third-order valence-electron chi connectivity index (χ3n) is 4.89. The van der Waals surface area contributed by atoms with Crippen LogP contribution in [0.25, 0.3) is 0 Å². The Balaban J connectivity index is 2.52. The van der Waals surface area contributed by atoms with Gasteiger partial charge in [0.15, 0.2) is 0 Å². The molecule has 0 bridgehead atoms. The van der Waals surface area contributed by atoms with Crippen LogP contribution in [0.2, 0.25) is 0 Å². The van der Waals surface area contributed by atoms with Crippen LogP contribution in [-0.4, -0.2) is 20.9 Å². The molecule has 0 spiro atoms. The topological polar surface area (TPSA) is 60.7 Å². The molecule has 0 amide bonds. The van der Waals surface area contributed by atoms with E-state index in [1.165, 1.54) is 6.08 Å². The Hall–Kier alpha value is -1.48. The Morgan fingerprint density at radius 1 is 1.25 bits per heavy atom. The van der Waals surface area contributed by atoms with Crippen molar-refractivity contribution in [2.75, 3.05) is 0 Å². The molecule has 0 aliphatic heterocycles. The molecule has 1 aromatic rings. The monoisotopic (exact) mass is 336 g/mol. The summed E-state index contributed by atoms with van der Waals surface area (Å²) in [6.07, 6.45) is 4.44. The lowest BCUT2D eigenvalue weighted by Gasteiger charge is -2.38. The van der Waals surface area contributed by atoms with Gasteiger partial charge in [0.05, 0.1) is 5.60 Å². The highest BCUT2D eigenvalue weighted by Crippen LogP contribution is 2.47. The summed E-state index contributed by atoms with van der Waals surface area (Å²) in [5.41, 5.74) is -0.176. The SMILES string of the molecule is [2H]C1C[C@@H](C(C)(C)O)[C@H](c2c(O)cc(CCCCC)cc2O)C=C1C([2H])([2H])[2H]. The van der Waals surface area contributed by atoms with Crippen LogP contribution in [0.5, 0.6) is 11.5 Å². The summed E-state index contributed by atoms with van der Waals surface area (Å²) in [6.45, 7) is 2.89. The van der Waals surface area contributed by atoms with Gasteiger partial charge in [-0.25, -0.2) is 0 Å². The summed E-state index contributed by atoms with van der Waals surface area (Å²) in [4.78, 5) is 0. The molecular weight excluding hydrogens is 300 g/mol. The maximum absolute atomic E-state index is 10.7. The number of aromatic hydroxyl groups is 2. The zero-order valence-corrected chi connectivity index (χ0v) is 14.8. The van der Waals surface area contributed by atoms with Gasteiger partial charge in [0.25, 0.3) is 0 Å². The van der Waals surface area contributed by atoms with Gasteiger partial charge < -0.3 is 15.3 Å². The Bertz CT molecular complexity index is 696. The van der Waals surface area contributed by atoms with Crippen molar-refractivity contribution in [2.45, 2.75) is 77.6 Å². The highest BCUT2D eigenvalue weighted by atomic mass is 16.3. The number of aliphatic hydroxyl groups is 1. The van der Waals surface area contributed by atoms with Crippen LogP contribution in [0.3, 0.4) is 0 Å². The lowest BCUT2D eigenvalue weighted by molar-refractivity contribution is 0.00421. The van der Waals surface area contributed by atoms with E-state index >= 15 is 0 Å². The first-order chi connectivity index (χ1) is 12.9. The summed E-state index contributed by atoms with van der Waals surface area (Å²) in [6, 6.07) is 3.23. The molecular formula is C21H32O3. The van der Waals surface area contributed by atoms with E-state index in [-0.39, 0.29) is 29.1 Å². The molecule has 0 radical (unpaired) electrons. The third kappa shape index (κ3) is 4.32. The fraction of sp³-hybridized carbons (Fsp3) is 0.619. The van der Waals surface area contributed by atoms with Crippen molar-refractivity contribution in [1.29, 1.82) is 0 Å². The highest BCUT2D eigenvalue weighted by Gasteiger charge is 2.38. The van der Waals surface area contributed by atoms with Crippen LogP contribution in [0.4, 0.5) is 0 Å². The van der Waals surface area contributed by atoms with Crippen molar-refractivity contribution >= 4 is 0 Å². The Morgan fingerprint density at radius 2 is 1.92 bits per heavy atom. The minimum atomic E-state index is -2.43. The molecule has 0 fully saturated rings. The van der Waals surface area contributed by atoms with E-state index in [0.717, 1.165) is 31.2 Å². The summed E-state index contributed by atoms with van der Waals surface area (Å²) in [7, 11) is 0. The fourth-order valence-corrected chi connectivity index (χ4v) is 3.54. The lowest BCUT2D eigenvalue weighted by atomic mass is 9.69. The molecule has 0 saturated carbocycles. The predicted molar refractivity (Wildman–Crippen MR) is 98.5 cm³/mol. The van der Waals surface area contributed by atoms with Crippen LogP contribution in [0.1, 0.15) is 82.2 Å². The maximum Gasteiger partial charge on any atom is 0.123 e. The van der Waals surface area contributed by atoms with Gasteiger partial charge in [-0.15, -0.1) is 0 Å². The van der Waals surface area contributed by atoms with Gasteiger partial charge in [0.1, 0.15) is 11.5 Å². The van der Waals surface area contributed by atoms with E-state index in [2.05, 4.69) is 6.92 Å². The third-order valence-corrected chi connectivity index (χ3v) is 4.89. The van der Waals surface area contributed by atoms with E-state index < -0.39 is 30.7 Å². The molecule has 1 aliphatic carbocycles. The Labute approximate surface area is 151 Å². The second-order valence-electron chi connectivity index (χ2n) is 7.35. The largest absolute Gasteiger partial charge is 0.507 e. The van der Waals surface area contributed by atoms with E-state index in [1.807, 2.05) is 0 Å². The number of hydrogen-bond acceptors (Lipinski definition) is 3. The number of phenolic OH excluding ortho intramolecular Hbond substituents is 2. The standard InChI is InChI=1S/C21H32O3/c1-5-6-7-8-15-12-18(22)20(19(23)13-15)16-11-14(2)9-10-17(16)21(3,4)24/h11-13,16-17,22-24H,5-10H2,1-4H3/t16-,17-/m1/s1/i2D3,9D/t9?,16-,17-. The van der Waals surface area contributed by atoms with E-state index in [4.69, 9.17) is 5.48 Å². The lowest BCUT2D eigenvalue weighted by Crippen LogP contribution is -2.36. The summed E-state index contributed by atoms with van der Waals surface area (Å²) >= 11 is 0. The molecule has 2 rings (SSSR count). The van der Waals surface area contributed by atoms with Crippen LogP contribution in [-0.2, 0) is 6.42 Å². The number of benzene rings is 1. The van der Waals surface area contributed by atoms with Crippen LogP contribution in [0.15, 0.2) is 23.8 Å². The van der Waals surface area contributed by atoms with Gasteiger partial charge in [0, 0.05) is 17.0 Å². The number of unbranched alkanes of at least 4 members (excludes halogenated alkanes) is 2. The van der Waals surface area contributed by atoms with Gasteiger partial charge in [-0.05, 0) is 70.0 Å². The summed E-state index contributed by atoms with van der Waals surface area (Å²) < 4.78 is 31.4. The smallest absolute Gasteiger partial charge is 0.123 e. The quantitative estimate of drug-likeness (QED) is 0.504. The second kappa shape index (κ2) is 7.60. The summed E-state index contributed by atoms with van der Waals surface area (Å²) in [5, 5.41) is 32.0. The average molecular weight is 337 g/mol. The molecule has 3 atom stereocenters. The molecule has 0 heterocycles. The van der Waals surface area contributed by atoms with Crippen molar-refractivity contribution < 1.29 is 20.8 Å². The summed E-state index contributed by atoms with van der Waals surface area (Å²) in [5.74, 6) is -1.41. The van der Waals surface area contributed by atoms with Crippen LogP contribution >= 0.6 is 0 Å². The molecule has 1 unspecified atom stereocenters. The zero-order chi connectivity index (χ0) is 21.3. The van der Waals surface area contributed by atoms with Gasteiger partial charge in [0.2, 0.25) is 0 Å². The van der Waals surface area contributed by atoms with Gasteiger partial charge in [-0.3, -0.25) is 0 Å². The molecule has 0 aromatic heterocycles. The molecule has 3 N–H and O–H groups in total. The number of allylic oxidation sites excluding steroid dienone is 2. The van der Waals surface area contributed by atoms with Crippen molar-refractivity contribution in [1.82, 2.24) is 0 Å². The van der Waals surface area contributed by atoms with E-state index in [1.54, 1.807) is 26.0 Å². The minimum Gasteiger partial charge on any atom is -0.507 e. The molecule has 3 nitrogen and oxygen atoms in total. The van der Waals surface area contributed by atoms with Crippen molar-refractivity contribution in [3.63, 3.8) is 0 Å². The molecule has 1 aliphatic rings. The number of phenols is 2. The number of rotatable bonds is 6. The fourth-order valence-electron chi connectivity index (χ4n) is 3.54. The van der Waals surface area contributed by atoms with Gasteiger partial charge in [-0.2, -0.15) is 0 Å². The first kappa shape index (κ1) is 13.8. The van der Waals surface area contributed by atoms with Crippen LogP contribution in [0, 0.1) is 5.92 Å². The minimum absolute atomic E-state index is 0.0103. The van der Waals surface area contributed by atoms with E-state index in [9.17, 15) is 15.3 Å². The zero-order valence-electron chi connectivity index (χ0n) is 18.8. The molecule has 24 heavy (non-hydrogen) atoms. The van der Waals surface area contributed by atoms with Gasteiger partial charge in [-0.1, -0.05) is 31.4 Å². The Morgan fingerprint density at radius 3 is 2.46 bits per heavy atom. The molecule has 0 saturated heterocycles. The van der Waals surface area contributed by atoms with E-state index in [0.29, 0.717) is 0 Å². The number of hydrogen-bond donors (Lipinski definition) is 3. The molecule has 3 heteroatoms. The highest BCUT2D eigenvalue weighted by molar-refractivity contribution is 5.51. The molecule has 134 valence electrons. The van der Waals surface area contributed by atoms with Gasteiger partial charge >= 0.3 is 0 Å². The molecule has 1 aromatic carbocycles. The number of aryl methyl sites for hydroxylation is 1.